The number of aromatic nitrogens is 1. The Hall–Kier alpha value is -2.62. The van der Waals surface area contributed by atoms with Crippen molar-refractivity contribution in [1.29, 1.82) is 0 Å². The fourth-order valence-electron chi connectivity index (χ4n) is 2.70. The van der Waals surface area contributed by atoms with Gasteiger partial charge < -0.3 is 14.8 Å². The maximum Gasteiger partial charge on any atom is 0.416 e. The summed E-state index contributed by atoms with van der Waals surface area (Å²) in [6, 6.07) is 9.92. The molecule has 2 aromatic carbocycles. The number of ether oxygens (including phenoxy) is 2. The van der Waals surface area contributed by atoms with E-state index in [0.717, 1.165) is 29.0 Å². The number of nitrogens with one attached hydrogen (secondary N) is 1. The van der Waals surface area contributed by atoms with Crippen LogP contribution in [0.15, 0.2) is 42.5 Å². The largest absolute Gasteiger partial charge is 0.489 e. The van der Waals surface area contributed by atoms with Crippen molar-refractivity contribution in [2.24, 2.45) is 0 Å². The molecule has 0 aliphatic heterocycles. The summed E-state index contributed by atoms with van der Waals surface area (Å²) in [6.07, 6.45) is -4.56. The van der Waals surface area contributed by atoms with Gasteiger partial charge in [0.15, 0.2) is 0 Å². The first-order valence-corrected chi connectivity index (χ1v) is 10.3. The molecule has 0 radical (unpaired) electrons. The number of alkyl halides is 3. The lowest BCUT2D eigenvalue weighted by Crippen LogP contribution is -2.15. The van der Waals surface area contributed by atoms with Gasteiger partial charge in [-0.3, -0.25) is 4.79 Å². The molecule has 0 saturated carbocycles. The molecule has 10 heteroatoms. The van der Waals surface area contributed by atoms with Crippen LogP contribution in [0.5, 0.6) is 5.75 Å². The molecule has 1 amide bonds. The number of carbonyl (C=O) groups is 1. The highest BCUT2D eigenvalue weighted by Crippen LogP contribution is 2.36. The summed E-state index contributed by atoms with van der Waals surface area (Å²) in [4.78, 5) is 17.5. The smallest absolute Gasteiger partial charge is 0.416 e. The minimum absolute atomic E-state index is 0.0898. The molecule has 0 saturated heterocycles. The summed E-state index contributed by atoms with van der Waals surface area (Å²) in [5.74, 6) is -0.477. The number of aryl methyl sites for hydroxylation is 1. The third-order valence-corrected chi connectivity index (χ3v) is 5.61. The van der Waals surface area contributed by atoms with Gasteiger partial charge in [0.1, 0.15) is 22.2 Å². The molecule has 0 aliphatic carbocycles. The van der Waals surface area contributed by atoms with Crippen molar-refractivity contribution in [2.75, 3.05) is 25.6 Å². The van der Waals surface area contributed by atoms with Gasteiger partial charge in [-0.1, -0.05) is 23.7 Å². The minimum atomic E-state index is -4.56. The van der Waals surface area contributed by atoms with Gasteiger partial charge in [0.25, 0.3) is 5.91 Å². The van der Waals surface area contributed by atoms with E-state index in [9.17, 15) is 18.0 Å². The molecule has 1 aromatic heterocycles. The van der Waals surface area contributed by atoms with Crippen LogP contribution in [0.3, 0.4) is 0 Å². The molecule has 0 unspecified atom stereocenters. The fourth-order valence-corrected chi connectivity index (χ4v) is 3.84. The van der Waals surface area contributed by atoms with Crippen LogP contribution in [0.25, 0.3) is 10.6 Å². The molecule has 3 rings (SSSR count). The van der Waals surface area contributed by atoms with E-state index in [1.54, 1.807) is 31.2 Å². The van der Waals surface area contributed by atoms with E-state index >= 15 is 0 Å². The second-order valence-corrected chi connectivity index (χ2v) is 7.88. The average molecular weight is 471 g/mol. The van der Waals surface area contributed by atoms with Crippen molar-refractivity contribution in [3.8, 4) is 16.3 Å². The normalized spacial score (nSPS) is 11.4. The zero-order valence-corrected chi connectivity index (χ0v) is 18.1. The Bertz CT molecular complexity index is 1090. The van der Waals surface area contributed by atoms with Gasteiger partial charge in [-0.25, -0.2) is 4.98 Å². The van der Waals surface area contributed by atoms with E-state index < -0.39 is 17.6 Å². The number of nitrogens with zero attached hydrogens (tertiary/aromatic N) is 1. The Labute approximate surface area is 185 Å². The fraction of sp³-hybridized carbons (Fsp3) is 0.238. The van der Waals surface area contributed by atoms with E-state index in [1.807, 2.05) is 0 Å². The van der Waals surface area contributed by atoms with E-state index in [4.69, 9.17) is 21.1 Å². The topological polar surface area (TPSA) is 60.5 Å². The summed E-state index contributed by atoms with van der Waals surface area (Å²) in [5, 5.41) is 3.62. The molecule has 0 spiro atoms. The lowest BCUT2D eigenvalue weighted by atomic mass is 10.1. The zero-order chi connectivity index (χ0) is 22.6. The van der Waals surface area contributed by atoms with Crippen molar-refractivity contribution in [2.45, 2.75) is 13.1 Å². The van der Waals surface area contributed by atoms with Gasteiger partial charge in [-0.2, -0.15) is 13.2 Å². The van der Waals surface area contributed by atoms with Gasteiger partial charge in [0, 0.05) is 17.7 Å². The summed E-state index contributed by atoms with van der Waals surface area (Å²) < 4.78 is 49.8. The number of thiazole rings is 1. The molecule has 3 aromatic rings. The third kappa shape index (κ3) is 5.75. The van der Waals surface area contributed by atoms with Gasteiger partial charge in [-0.05, 0) is 37.3 Å². The number of carbonyl (C=O) groups excluding carboxylic acids is 1. The maximum atomic E-state index is 13.2. The van der Waals surface area contributed by atoms with Crippen molar-refractivity contribution in [3.05, 3.63) is 63.6 Å². The number of benzene rings is 2. The molecular formula is C21H18ClF3N2O3S. The van der Waals surface area contributed by atoms with Gasteiger partial charge in [0.2, 0.25) is 0 Å². The Morgan fingerprint density at radius 3 is 2.65 bits per heavy atom. The summed E-state index contributed by atoms with van der Waals surface area (Å²) in [5.41, 5.74) is 0.198. The van der Waals surface area contributed by atoms with Crippen molar-refractivity contribution in [1.82, 2.24) is 4.98 Å². The lowest BCUT2D eigenvalue weighted by Gasteiger charge is -2.15. The monoisotopic (exact) mass is 470 g/mol. The molecule has 0 aliphatic rings. The van der Waals surface area contributed by atoms with E-state index in [1.165, 1.54) is 13.2 Å². The number of hydrogen-bond acceptors (Lipinski definition) is 5. The number of rotatable bonds is 7. The number of methoxy groups -OCH3 is 1. The lowest BCUT2D eigenvalue weighted by molar-refractivity contribution is -0.137. The Balaban J connectivity index is 1.89. The SMILES string of the molecule is COCCOc1ccc(C(F)(F)F)cc1NC(=O)c1sc(-c2cccc(Cl)c2)nc1C. The first-order chi connectivity index (χ1) is 14.7. The predicted octanol–water partition coefficient (Wildman–Crippen LogP) is 6.07. The highest BCUT2D eigenvalue weighted by Gasteiger charge is 2.31. The summed E-state index contributed by atoms with van der Waals surface area (Å²) in [7, 11) is 1.48. The molecule has 1 N–H and O–H groups in total. The Kier molecular flexibility index (Phi) is 7.19. The first-order valence-electron chi connectivity index (χ1n) is 9.06. The van der Waals surface area contributed by atoms with Crippen LogP contribution in [0.2, 0.25) is 5.02 Å². The Morgan fingerprint density at radius 2 is 1.97 bits per heavy atom. The average Bonchev–Trinajstić information content (AvgIpc) is 3.10. The van der Waals surface area contributed by atoms with Crippen molar-refractivity contribution >= 4 is 34.5 Å². The highest BCUT2D eigenvalue weighted by molar-refractivity contribution is 7.17. The molecule has 164 valence electrons. The Morgan fingerprint density at radius 1 is 1.19 bits per heavy atom. The van der Waals surface area contributed by atoms with Gasteiger partial charge >= 0.3 is 6.18 Å². The minimum Gasteiger partial charge on any atom is -0.489 e. The molecule has 0 bridgehead atoms. The van der Waals surface area contributed by atoms with Crippen molar-refractivity contribution < 1.29 is 27.4 Å². The number of halogens is 4. The summed E-state index contributed by atoms with van der Waals surface area (Å²) in [6.45, 7) is 2.01. The van der Waals surface area contributed by atoms with E-state index in [2.05, 4.69) is 10.3 Å². The molecular weight excluding hydrogens is 453 g/mol. The summed E-state index contributed by atoms with van der Waals surface area (Å²) >= 11 is 7.14. The van der Waals surface area contributed by atoms with Gasteiger partial charge in [-0.15, -0.1) is 11.3 Å². The molecule has 0 atom stereocenters. The number of anilines is 1. The van der Waals surface area contributed by atoms with Crippen molar-refractivity contribution in [3.63, 3.8) is 0 Å². The predicted molar refractivity (Wildman–Crippen MR) is 114 cm³/mol. The number of amides is 1. The van der Waals surface area contributed by atoms with Crippen LogP contribution in [-0.4, -0.2) is 31.2 Å². The van der Waals surface area contributed by atoms with Crippen LogP contribution in [0.1, 0.15) is 20.9 Å². The van der Waals surface area contributed by atoms with Gasteiger partial charge in [0.05, 0.1) is 23.6 Å². The van der Waals surface area contributed by atoms with E-state index in [-0.39, 0.29) is 29.5 Å². The maximum absolute atomic E-state index is 13.2. The second kappa shape index (κ2) is 9.67. The van der Waals surface area contributed by atoms with Crippen LogP contribution < -0.4 is 10.1 Å². The molecule has 1 heterocycles. The standard InChI is InChI=1S/C21H18ClF3N2O3S/c1-12-18(31-20(26-12)13-4-3-5-15(22)10-13)19(28)27-16-11-14(21(23,24)25)6-7-17(16)30-9-8-29-2/h3-7,10-11H,8-9H2,1-2H3,(H,27,28). The van der Waals surface area contributed by atoms with Crippen LogP contribution in [-0.2, 0) is 10.9 Å². The molecule has 5 nitrogen and oxygen atoms in total. The van der Waals surface area contributed by atoms with E-state index in [0.29, 0.717) is 15.7 Å². The zero-order valence-electron chi connectivity index (χ0n) is 16.5. The first kappa shape index (κ1) is 23.1. The molecule has 0 fully saturated rings. The van der Waals surface area contributed by atoms with Crippen LogP contribution in [0, 0.1) is 6.92 Å². The number of hydrogen-bond donors (Lipinski definition) is 1. The second-order valence-electron chi connectivity index (χ2n) is 6.45. The van der Waals surface area contributed by atoms with Crippen LogP contribution >= 0.6 is 22.9 Å². The quantitative estimate of drug-likeness (QED) is 0.426. The highest BCUT2D eigenvalue weighted by atomic mass is 35.5. The third-order valence-electron chi connectivity index (χ3n) is 4.17. The van der Waals surface area contributed by atoms with Crippen LogP contribution in [0.4, 0.5) is 18.9 Å². The molecule has 31 heavy (non-hydrogen) atoms.